The van der Waals surface area contributed by atoms with E-state index in [1.54, 1.807) is 13.2 Å². The molecule has 0 radical (unpaired) electrons. The van der Waals surface area contributed by atoms with Crippen molar-refractivity contribution in [2.24, 2.45) is 5.92 Å². The average Bonchev–Trinajstić information content (AvgIpc) is 2.66. The molecule has 1 aliphatic rings. The van der Waals surface area contributed by atoms with Crippen LogP contribution in [0.5, 0.6) is 17.2 Å². The first-order valence-corrected chi connectivity index (χ1v) is 9.92. The Morgan fingerprint density at radius 2 is 1.93 bits per heavy atom. The highest BCUT2D eigenvalue weighted by atomic mass is 16.5. The molecule has 0 saturated carbocycles. The van der Waals surface area contributed by atoms with E-state index in [2.05, 4.69) is 18.7 Å². The number of ether oxygens (including phenoxy) is 2. The Labute approximate surface area is 167 Å². The van der Waals surface area contributed by atoms with E-state index in [9.17, 15) is 10.2 Å². The van der Waals surface area contributed by atoms with E-state index >= 15 is 0 Å². The first kappa shape index (κ1) is 20.5. The first-order valence-electron chi connectivity index (χ1n) is 9.92. The van der Waals surface area contributed by atoms with Gasteiger partial charge in [-0.15, -0.1) is 0 Å². The summed E-state index contributed by atoms with van der Waals surface area (Å²) in [7, 11) is 1.55. The number of hydrogen-bond acceptors (Lipinski definition) is 5. The van der Waals surface area contributed by atoms with Crippen LogP contribution in [-0.2, 0) is 6.54 Å². The van der Waals surface area contributed by atoms with Crippen LogP contribution in [0.1, 0.15) is 32.3 Å². The van der Waals surface area contributed by atoms with Crippen molar-refractivity contribution in [1.29, 1.82) is 0 Å². The molecule has 5 heteroatoms. The zero-order chi connectivity index (χ0) is 20.1. The molecule has 2 atom stereocenters. The van der Waals surface area contributed by atoms with E-state index < -0.39 is 5.60 Å². The van der Waals surface area contributed by atoms with E-state index in [-0.39, 0.29) is 11.9 Å². The molecule has 2 N–H and O–H groups in total. The maximum Gasteiger partial charge on any atom is 0.160 e. The largest absolute Gasteiger partial charge is 0.504 e. The molecular formula is C23H31NO4. The van der Waals surface area contributed by atoms with E-state index in [1.165, 1.54) is 0 Å². The SMILES string of the molecule is COc1cc(CN2CC[C@@](O)(CC(C)C)[C@@H](Oc3ccccc3)C2)ccc1O. The van der Waals surface area contributed by atoms with Crippen molar-refractivity contribution in [3.8, 4) is 17.2 Å². The second-order valence-corrected chi connectivity index (χ2v) is 8.11. The molecular weight excluding hydrogens is 354 g/mol. The summed E-state index contributed by atoms with van der Waals surface area (Å²) < 4.78 is 11.5. The number of benzene rings is 2. The number of phenols is 1. The lowest BCUT2D eigenvalue weighted by Gasteiger charge is -2.45. The van der Waals surface area contributed by atoms with Crippen molar-refractivity contribution in [2.45, 2.75) is 44.9 Å². The molecule has 3 rings (SSSR count). The molecule has 1 heterocycles. The highest BCUT2D eigenvalue weighted by molar-refractivity contribution is 5.41. The zero-order valence-electron chi connectivity index (χ0n) is 17.0. The van der Waals surface area contributed by atoms with Crippen LogP contribution in [0.15, 0.2) is 48.5 Å². The molecule has 1 saturated heterocycles. The number of para-hydroxylation sites is 1. The third kappa shape index (κ3) is 4.97. The van der Waals surface area contributed by atoms with Crippen LogP contribution in [0.25, 0.3) is 0 Å². The summed E-state index contributed by atoms with van der Waals surface area (Å²) in [5.74, 6) is 1.78. The number of likely N-dealkylation sites (tertiary alicyclic amines) is 1. The number of piperidine rings is 1. The van der Waals surface area contributed by atoms with Gasteiger partial charge < -0.3 is 19.7 Å². The molecule has 1 aliphatic heterocycles. The summed E-state index contributed by atoms with van der Waals surface area (Å²) in [6, 6.07) is 15.1. The van der Waals surface area contributed by atoms with Crippen molar-refractivity contribution in [3.63, 3.8) is 0 Å². The molecule has 2 aromatic rings. The number of rotatable bonds is 7. The minimum Gasteiger partial charge on any atom is -0.504 e. The smallest absolute Gasteiger partial charge is 0.160 e. The summed E-state index contributed by atoms with van der Waals surface area (Å²) >= 11 is 0. The van der Waals surface area contributed by atoms with Crippen LogP contribution >= 0.6 is 0 Å². The minimum absolute atomic E-state index is 0.140. The van der Waals surface area contributed by atoms with Crippen molar-refractivity contribution in [2.75, 3.05) is 20.2 Å². The fourth-order valence-corrected chi connectivity index (χ4v) is 3.98. The summed E-state index contributed by atoms with van der Waals surface area (Å²) in [4.78, 5) is 2.29. The van der Waals surface area contributed by atoms with Gasteiger partial charge in [0, 0.05) is 19.6 Å². The summed E-state index contributed by atoms with van der Waals surface area (Å²) in [6.07, 6.45) is 1.08. The van der Waals surface area contributed by atoms with Crippen molar-refractivity contribution < 1.29 is 19.7 Å². The van der Waals surface area contributed by atoms with Crippen molar-refractivity contribution >= 4 is 0 Å². The Balaban J connectivity index is 1.75. The molecule has 28 heavy (non-hydrogen) atoms. The lowest BCUT2D eigenvalue weighted by Crippen LogP contribution is -2.58. The maximum atomic E-state index is 11.4. The molecule has 0 unspecified atom stereocenters. The molecule has 0 spiro atoms. The van der Waals surface area contributed by atoms with Gasteiger partial charge in [-0.1, -0.05) is 38.1 Å². The van der Waals surface area contributed by atoms with Gasteiger partial charge in [-0.2, -0.15) is 0 Å². The topological polar surface area (TPSA) is 62.2 Å². The molecule has 5 nitrogen and oxygen atoms in total. The number of phenolic OH excluding ortho intramolecular Hbond substituents is 1. The van der Waals surface area contributed by atoms with Gasteiger partial charge in [0.25, 0.3) is 0 Å². The van der Waals surface area contributed by atoms with Gasteiger partial charge in [0.05, 0.1) is 7.11 Å². The predicted octanol–water partition coefficient (Wildman–Crippen LogP) is 3.83. The molecule has 0 aromatic heterocycles. The highest BCUT2D eigenvalue weighted by Crippen LogP contribution is 2.33. The second kappa shape index (κ2) is 8.84. The Morgan fingerprint density at radius 1 is 1.18 bits per heavy atom. The third-order valence-corrected chi connectivity index (χ3v) is 5.32. The number of aliphatic hydroxyl groups is 1. The van der Waals surface area contributed by atoms with E-state index in [0.29, 0.717) is 37.6 Å². The van der Waals surface area contributed by atoms with Crippen LogP contribution < -0.4 is 9.47 Å². The maximum absolute atomic E-state index is 11.4. The van der Waals surface area contributed by atoms with Gasteiger partial charge in [0.2, 0.25) is 0 Å². The van der Waals surface area contributed by atoms with Gasteiger partial charge in [0.15, 0.2) is 11.5 Å². The van der Waals surface area contributed by atoms with Crippen LogP contribution in [0.3, 0.4) is 0 Å². The van der Waals surface area contributed by atoms with Gasteiger partial charge >= 0.3 is 0 Å². The molecule has 0 aliphatic carbocycles. The molecule has 0 bridgehead atoms. The minimum atomic E-state index is -0.840. The summed E-state index contributed by atoms with van der Waals surface area (Å²) in [5, 5.41) is 21.2. The van der Waals surface area contributed by atoms with Crippen molar-refractivity contribution in [3.05, 3.63) is 54.1 Å². The Bertz CT molecular complexity index is 764. The fraction of sp³-hybridized carbons (Fsp3) is 0.478. The van der Waals surface area contributed by atoms with Gasteiger partial charge in [-0.3, -0.25) is 4.90 Å². The lowest BCUT2D eigenvalue weighted by atomic mass is 9.81. The Morgan fingerprint density at radius 3 is 2.61 bits per heavy atom. The number of hydrogen-bond donors (Lipinski definition) is 2. The first-order chi connectivity index (χ1) is 13.4. The second-order valence-electron chi connectivity index (χ2n) is 8.11. The fourth-order valence-electron chi connectivity index (χ4n) is 3.98. The number of nitrogens with zero attached hydrogens (tertiary/aromatic N) is 1. The van der Waals surface area contributed by atoms with Crippen LogP contribution in [-0.4, -0.2) is 47.0 Å². The zero-order valence-corrected chi connectivity index (χ0v) is 17.0. The molecule has 1 fully saturated rings. The highest BCUT2D eigenvalue weighted by Gasteiger charge is 2.43. The Kier molecular flexibility index (Phi) is 6.47. The van der Waals surface area contributed by atoms with Gasteiger partial charge in [-0.05, 0) is 48.6 Å². The molecule has 152 valence electrons. The number of aromatic hydroxyl groups is 1. The van der Waals surface area contributed by atoms with Crippen molar-refractivity contribution in [1.82, 2.24) is 4.90 Å². The standard InChI is InChI=1S/C23H31NO4/c1-17(2)14-23(26)11-12-24(15-18-9-10-20(25)21(13-18)27-3)16-22(23)28-19-7-5-4-6-8-19/h4-10,13,17,22,25-26H,11-12,14-16H2,1-3H3/t22-,23+/m0/s1. The monoisotopic (exact) mass is 385 g/mol. The predicted molar refractivity (Wildman–Crippen MR) is 110 cm³/mol. The molecule has 2 aromatic carbocycles. The quantitative estimate of drug-likeness (QED) is 0.758. The van der Waals surface area contributed by atoms with E-state index in [0.717, 1.165) is 17.9 Å². The van der Waals surface area contributed by atoms with Gasteiger partial charge in [0.1, 0.15) is 17.5 Å². The van der Waals surface area contributed by atoms with Gasteiger partial charge in [-0.25, -0.2) is 0 Å². The lowest BCUT2D eigenvalue weighted by molar-refractivity contribution is -0.118. The third-order valence-electron chi connectivity index (χ3n) is 5.32. The van der Waals surface area contributed by atoms with E-state index in [1.807, 2.05) is 42.5 Å². The van der Waals surface area contributed by atoms with Crippen LogP contribution in [0, 0.1) is 5.92 Å². The summed E-state index contributed by atoms with van der Waals surface area (Å²) in [5.41, 5.74) is 0.218. The Hall–Kier alpha value is -2.24. The van der Waals surface area contributed by atoms with Crippen LogP contribution in [0.2, 0.25) is 0 Å². The van der Waals surface area contributed by atoms with Crippen LogP contribution in [0.4, 0.5) is 0 Å². The number of methoxy groups -OCH3 is 1. The summed E-state index contributed by atoms with van der Waals surface area (Å²) in [6.45, 7) is 6.41. The molecule has 0 amide bonds. The normalized spacial score (nSPS) is 23.0. The van der Waals surface area contributed by atoms with E-state index in [4.69, 9.17) is 9.47 Å². The average molecular weight is 386 g/mol.